The van der Waals surface area contributed by atoms with Gasteiger partial charge in [-0.1, -0.05) is 97.1 Å². The van der Waals surface area contributed by atoms with Crippen LogP contribution in [0.1, 0.15) is 35.1 Å². The van der Waals surface area contributed by atoms with E-state index in [0.29, 0.717) is 0 Å². The third-order valence-electron chi connectivity index (χ3n) is 5.41. The molecule has 0 aliphatic rings. The second-order valence-electron chi connectivity index (χ2n) is 7.74. The van der Waals surface area contributed by atoms with Gasteiger partial charge >= 0.3 is 0 Å². The molecule has 0 bridgehead atoms. The maximum absolute atomic E-state index is 3.80. The maximum Gasteiger partial charge on any atom is -0.00973 e. The summed E-state index contributed by atoms with van der Waals surface area (Å²) >= 11 is 0. The molecule has 3 aromatic rings. The molecule has 30 heavy (non-hydrogen) atoms. The van der Waals surface area contributed by atoms with Crippen molar-refractivity contribution >= 4 is 0 Å². The van der Waals surface area contributed by atoms with Gasteiger partial charge in [0.15, 0.2) is 0 Å². The molecule has 3 rings (SSSR count). The van der Waals surface area contributed by atoms with E-state index in [1.54, 1.807) is 0 Å². The number of hydrogen-bond donors (Lipinski definition) is 0. The molecule has 0 saturated heterocycles. The van der Waals surface area contributed by atoms with Crippen LogP contribution in [0.25, 0.3) is 11.1 Å². The minimum absolute atomic E-state index is 0.970. The van der Waals surface area contributed by atoms with Gasteiger partial charge in [-0.05, 0) is 71.9 Å². The van der Waals surface area contributed by atoms with Crippen LogP contribution in [0.3, 0.4) is 0 Å². The van der Waals surface area contributed by atoms with Crippen LogP contribution in [-0.4, -0.2) is 0 Å². The highest BCUT2D eigenvalue weighted by molar-refractivity contribution is 5.64. The van der Waals surface area contributed by atoms with Crippen molar-refractivity contribution in [1.29, 1.82) is 0 Å². The van der Waals surface area contributed by atoms with E-state index < -0.39 is 0 Å². The highest BCUT2D eigenvalue weighted by Crippen LogP contribution is 2.21. The minimum Gasteiger partial charge on any atom is -0.103 e. The summed E-state index contributed by atoms with van der Waals surface area (Å²) in [5.74, 6) is 0. The molecule has 0 aromatic heterocycles. The fourth-order valence-corrected chi connectivity index (χ4v) is 3.52. The van der Waals surface area contributed by atoms with Gasteiger partial charge in [0, 0.05) is 0 Å². The number of aryl methyl sites for hydroxylation is 2. The van der Waals surface area contributed by atoms with E-state index >= 15 is 0 Å². The van der Waals surface area contributed by atoms with Gasteiger partial charge < -0.3 is 0 Å². The Labute approximate surface area is 182 Å². The summed E-state index contributed by atoms with van der Waals surface area (Å²) in [4.78, 5) is 0. The average Bonchev–Trinajstić information content (AvgIpc) is 2.81. The molecule has 0 N–H and O–H groups in total. The number of rotatable bonds is 11. The van der Waals surface area contributed by atoms with Gasteiger partial charge in [0.1, 0.15) is 0 Å². The minimum atomic E-state index is 0.970. The Bertz CT molecular complexity index is 938. The molecule has 0 heterocycles. The van der Waals surface area contributed by atoms with Crippen LogP contribution in [-0.2, 0) is 25.7 Å². The molecule has 3 aromatic carbocycles. The quantitative estimate of drug-likeness (QED) is 0.291. The first-order valence-corrected chi connectivity index (χ1v) is 10.9. The molecule has 0 amide bonds. The molecular formula is C30H32. The largest absolute Gasteiger partial charge is 0.103 e. The van der Waals surface area contributed by atoms with Crippen LogP contribution in [0.2, 0.25) is 0 Å². The standard InChI is InChI=1S/C30H32/c1-3-5-9-25-13-15-27(16-14-25)11-7-8-12-28-19-23-30(24-20-28)29-21-17-26(18-22-29)10-6-4-2/h3-4,7-8,13-24H,1-2,5-6,9-12H2/b8-7+. The molecule has 0 spiro atoms. The van der Waals surface area contributed by atoms with Crippen molar-refractivity contribution in [2.75, 3.05) is 0 Å². The zero-order valence-corrected chi connectivity index (χ0v) is 17.9. The molecule has 0 radical (unpaired) electrons. The Balaban J connectivity index is 1.49. The van der Waals surface area contributed by atoms with Gasteiger partial charge in [0.2, 0.25) is 0 Å². The number of hydrogen-bond acceptors (Lipinski definition) is 0. The van der Waals surface area contributed by atoms with Crippen molar-refractivity contribution in [2.24, 2.45) is 0 Å². The Hall–Kier alpha value is -3.12. The SMILES string of the molecule is C=CCCc1ccc(C/C=C/Cc2ccc(-c3ccc(CCC=C)cc3)cc2)cc1. The van der Waals surface area contributed by atoms with E-state index in [-0.39, 0.29) is 0 Å². The lowest BCUT2D eigenvalue weighted by molar-refractivity contribution is 1.00. The maximum atomic E-state index is 3.80. The van der Waals surface area contributed by atoms with Crippen molar-refractivity contribution in [3.8, 4) is 11.1 Å². The second-order valence-corrected chi connectivity index (χ2v) is 7.74. The van der Waals surface area contributed by atoms with Gasteiger partial charge in [0.05, 0.1) is 0 Å². The zero-order chi connectivity index (χ0) is 21.0. The first kappa shape index (κ1) is 21.6. The average molecular weight is 393 g/mol. The third kappa shape index (κ3) is 6.74. The van der Waals surface area contributed by atoms with E-state index in [4.69, 9.17) is 0 Å². The topological polar surface area (TPSA) is 0 Å². The summed E-state index contributed by atoms with van der Waals surface area (Å²) in [7, 11) is 0. The Morgan fingerprint density at radius 3 is 1.20 bits per heavy atom. The van der Waals surface area contributed by atoms with E-state index in [9.17, 15) is 0 Å². The first-order chi connectivity index (χ1) is 14.8. The highest BCUT2D eigenvalue weighted by Gasteiger charge is 1.99. The fourth-order valence-electron chi connectivity index (χ4n) is 3.52. The molecule has 0 saturated carbocycles. The van der Waals surface area contributed by atoms with E-state index in [1.807, 2.05) is 12.2 Å². The van der Waals surface area contributed by atoms with Crippen molar-refractivity contribution in [3.05, 3.63) is 133 Å². The summed E-state index contributed by atoms with van der Waals surface area (Å²) in [5.41, 5.74) is 8.00. The van der Waals surface area contributed by atoms with Gasteiger partial charge in [0.25, 0.3) is 0 Å². The Morgan fingerprint density at radius 2 is 0.800 bits per heavy atom. The van der Waals surface area contributed by atoms with Crippen LogP contribution in [0, 0.1) is 0 Å². The lowest BCUT2D eigenvalue weighted by Gasteiger charge is -2.05. The molecule has 0 heteroatoms. The molecule has 0 unspecified atom stereocenters. The van der Waals surface area contributed by atoms with E-state index in [0.717, 1.165) is 38.5 Å². The number of benzene rings is 3. The highest BCUT2D eigenvalue weighted by atomic mass is 14.0. The molecule has 0 aliphatic carbocycles. The fraction of sp³-hybridized carbons (Fsp3) is 0.200. The van der Waals surface area contributed by atoms with Crippen molar-refractivity contribution in [1.82, 2.24) is 0 Å². The lowest BCUT2D eigenvalue weighted by Crippen LogP contribution is -1.87. The zero-order valence-electron chi connectivity index (χ0n) is 17.9. The normalized spacial score (nSPS) is 10.9. The summed E-state index contributed by atoms with van der Waals surface area (Å²) in [5, 5.41) is 0. The van der Waals surface area contributed by atoms with Crippen molar-refractivity contribution in [3.63, 3.8) is 0 Å². The monoisotopic (exact) mass is 392 g/mol. The Morgan fingerprint density at radius 1 is 0.467 bits per heavy atom. The van der Waals surface area contributed by atoms with Crippen LogP contribution in [0.5, 0.6) is 0 Å². The first-order valence-electron chi connectivity index (χ1n) is 10.9. The molecule has 0 atom stereocenters. The van der Waals surface area contributed by atoms with Gasteiger partial charge in [-0.2, -0.15) is 0 Å². The molecular weight excluding hydrogens is 360 g/mol. The van der Waals surface area contributed by atoms with Crippen molar-refractivity contribution in [2.45, 2.75) is 38.5 Å². The predicted molar refractivity (Wildman–Crippen MR) is 132 cm³/mol. The summed E-state index contributed by atoms with van der Waals surface area (Å²) in [6.07, 6.45) is 14.7. The summed E-state index contributed by atoms with van der Waals surface area (Å²) in [6.45, 7) is 7.58. The second kappa shape index (κ2) is 11.8. The van der Waals surface area contributed by atoms with Gasteiger partial charge in [-0.3, -0.25) is 0 Å². The van der Waals surface area contributed by atoms with Crippen molar-refractivity contribution < 1.29 is 0 Å². The van der Waals surface area contributed by atoms with Crippen LogP contribution >= 0.6 is 0 Å². The molecule has 152 valence electrons. The number of allylic oxidation sites excluding steroid dienone is 4. The van der Waals surface area contributed by atoms with E-state index in [2.05, 4.69) is 98.1 Å². The summed E-state index contributed by atoms with van der Waals surface area (Å²) in [6, 6.07) is 26.7. The predicted octanol–water partition coefficient (Wildman–Crippen LogP) is 7.93. The van der Waals surface area contributed by atoms with E-state index in [1.165, 1.54) is 33.4 Å². The summed E-state index contributed by atoms with van der Waals surface area (Å²) < 4.78 is 0. The molecule has 0 aliphatic heterocycles. The van der Waals surface area contributed by atoms with Crippen LogP contribution in [0.15, 0.2) is 110 Å². The van der Waals surface area contributed by atoms with Crippen LogP contribution < -0.4 is 0 Å². The Kier molecular flexibility index (Phi) is 8.47. The lowest BCUT2D eigenvalue weighted by atomic mass is 10.00. The molecule has 0 fully saturated rings. The molecule has 0 nitrogen and oxygen atoms in total. The third-order valence-corrected chi connectivity index (χ3v) is 5.41. The van der Waals surface area contributed by atoms with Crippen LogP contribution in [0.4, 0.5) is 0 Å². The smallest absolute Gasteiger partial charge is 0.00973 e. The van der Waals surface area contributed by atoms with Gasteiger partial charge in [-0.15, -0.1) is 13.2 Å². The van der Waals surface area contributed by atoms with Gasteiger partial charge in [-0.25, -0.2) is 0 Å².